The number of anilines is 1. The molecule has 0 aliphatic heterocycles. The molecular formula is C22H28N4O7S. The highest BCUT2D eigenvalue weighted by atomic mass is 32.2. The van der Waals surface area contributed by atoms with Crippen molar-refractivity contribution in [2.45, 2.75) is 37.5 Å². The molecule has 11 nitrogen and oxygen atoms in total. The first-order valence-electron chi connectivity index (χ1n) is 10.6. The summed E-state index contributed by atoms with van der Waals surface area (Å²) in [6, 6.07) is 8.00. The standard InChI is InChI=1S/C22H28N4O7S/c1-3-4-5-6-19(27)25-17-8-10-18(11-9-17)34(30,31)26-21(28)16-7-12-20(24-15-16)33-22(29)23-13-14-32-2/h7-12,15H,3-6,13-14H2,1-2H3,(H,23,29)(H,25,27)(H,26,28). The van der Waals surface area contributed by atoms with Gasteiger partial charge in [0, 0.05) is 38.0 Å². The Morgan fingerprint density at radius 3 is 2.38 bits per heavy atom. The van der Waals surface area contributed by atoms with Gasteiger partial charge >= 0.3 is 6.09 Å². The number of rotatable bonds is 12. The summed E-state index contributed by atoms with van der Waals surface area (Å²) >= 11 is 0. The third kappa shape index (κ3) is 8.79. The molecule has 0 bridgehead atoms. The Kier molecular flexibility index (Phi) is 10.4. The third-order valence-electron chi connectivity index (χ3n) is 4.45. The second-order valence-corrected chi connectivity index (χ2v) is 8.84. The number of ether oxygens (including phenoxy) is 2. The van der Waals surface area contributed by atoms with Gasteiger partial charge in [0.2, 0.25) is 11.8 Å². The zero-order valence-corrected chi connectivity index (χ0v) is 19.8. The Bertz CT molecular complexity index is 1070. The molecule has 0 aliphatic carbocycles. The van der Waals surface area contributed by atoms with Gasteiger partial charge in [-0.05, 0) is 36.8 Å². The van der Waals surface area contributed by atoms with Crippen LogP contribution in [0, 0.1) is 0 Å². The van der Waals surface area contributed by atoms with Gasteiger partial charge in [0.1, 0.15) is 0 Å². The Morgan fingerprint density at radius 1 is 1.03 bits per heavy atom. The highest BCUT2D eigenvalue weighted by molar-refractivity contribution is 7.90. The average molecular weight is 493 g/mol. The highest BCUT2D eigenvalue weighted by Gasteiger charge is 2.19. The number of aromatic nitrogens is 1. The van der Waals surface area contributed by atoms with Crippen LogP contribution in [0.2, 0.25) is 0 Å². The molecule has 3 N–H and O–H groups in total. The Balaban J connectivity index is 1.93. The molecule has 3 amide bonds. The van der Waals surface area contributed by atoms with E-state index in [0.717, 1.165) is 25.5 Å². The third-order valence-corrected chi connectivity index (χ3v) is 5.80. The lowest BCUT2D eigenvalue weighted by atomic mass is 10.2. The number of carbonyl (C=O) groups excluding carboxylic acids is 3. The van der Waals surface area contributed by atoms with Crippen LogP contribution >= 0.6 is 0 Å². The number of unbranched alkanes of at least 4 members (excludes halogenated alkanes) is 2. The number of carbonyl (C=O) groups is 3. The van der Waals surface area contributed by atoms with Crippen molar-refractivity contribution in [2.24, 2.45) is 0 Å². The predicted molar refractivity (Wildman–Crippen MR) is 124 cm³/mol. The lowest BCUT2D eigenvalue weighted by Gasteiger charge is -2.09. The number of methoxy groups -OCH3 is 1. The quantitative estimate of drug-likeness (QED) is 0.382. The molecule has 1 aromatic carbocycles. The van der Waals surface area contributed by atoms with E-state index in [1.54, 1.807) is 0 Å². The van der Waals surface area contributed by atoms with Crippen molar-refractivity contribution in [1.82, 2.24) is 15.0 Å². The minimum absolute atomic E-state index is 0.0494. The van der Waals surface area contributed by atoms with Gasteiger partial charge in [-0.3, -0.25) is 9.59 Å². The first-order valence-corrected chi connectivity index (χ1v) is 12.1. The molecule has 0 aliphatic rings. The zero-order valence-electron chi connectivity index (χ0n) is 19.0. The lowest BCUT2D eigenvalue weighted by molar-refractivity contribution is -0.116. The van der Waals surface area contributed by atoms with E-state index in [1.807, 2.05) is 11.6 Å². The molecule has 0 atom stereocenters. The normalized spacial score (nSPS) is 10.9. The van der Waals surface area contributed by atoms with Crippen LogP contribution in [-0.2, 0) is 19.6 Å². The van der Waals surface area contributed by atoms with Gasteiger partial charge in [-0.2, -0.15) is 0 Å². The van der Waals surface area contributed by atoms with Gasteiger partial charge in [-0.15, -0.1) is 0 Å². The number of nitrogens with one attached hydrogen (secondary N) is 3. The molecule has 2 aromatic rings. The number of nitrogens with zero attached hydrogens (tertiary/aromatic N) is 1. The molecule has 0 saturated heterocycles. The first kappa shape index (κ1) is 26.7. The second kappa shape index (κ2) is 13.3. The van der Waals surface area contributed by atoms with Crippen LogP contribution < -0.4 is 20.1 Å². The van der Waals surface area contributed by atoms with Crippen LogP contribution in [0.5, 0.6) is 5.88 Å². The fourth-order valence-corrected chi connectivity index (χ4v) is 3.65. The van der Waals surface area contributed by atoms with E-state index < -0.39 is 22.0 Å². The largest absolute Gasteiger partial charge is 0.414 e. The van der Waals surface area contributed by atoms with Crippen molar-refractivity contribution in [3.63, 3.8) is 0 Å². The second-order valence-electron chi connectivity index (χ2n) is 7.16. The molecule has 1 heterocycles. The summed E-state index contributed by atoms with van der Waals surface area (Å²) in [5, 5.41) is 5.14. The van der Waals surface area contributed by atoms with Crippen LogP contribution in [0.4, 0.5) is 10.5 Å². The summed E-state index contributed by atoms with van der Waals surface area (Å²) in [4.78, 5) is 39.5. The predicted octanol–water partition coefficient (Wildman–Crippen LogP) is 2.45. The lowest BCUT2D eigenvalue weighted by Crippen LogP contribution is -2.31. The monoisotopic (exact) mass is 492 g/mol. The van der Waals surface area contributed by atoms with Gasteiger partial charge < -0.3 is 20.1 Å². The van der Waals surface area contributed by atoms with Crippen molar-refractivity contribution >= 4 is 33.6 Å². The maximum Gasteiger partial charge on any atom is 0.414 e. The number of hydrogen-bond acceptors (Lipinski definition) is 8. The fourth-order valence-electron chi connectivity index (χ4n) is 2.68. The van der Waals surface area contributed by atoms with Crippen molar-refractivity contribution < 1.29 is 32.3 Å². The van der Waals surface area contributed by atoms with E-state index in [9.17, 15) is 22.8 Å². The minimum atomic E-state index is -4.16. The smallest absolute Gasteiger partial charge is 0.391 e. The molecule has 2 rings (SSSR count). The average Bonchev–Trinajstić information content (AvgIpc) is 2.80. The van der Waals surface area contributed by atoms with Crippen molar-refractivity contribution in [2.75, 3.05) is 25.6 Å². The maximum atomic E-state index is 12.5. The highest BCUT2D eigenvalue weighted by Crippen LogP contribution is 2.16. The van der Waals surface area contributed by atoms with Crippen molar-refractivity contribution in [1.29, 1.82) is 0 Å². The molecule has 184 valence electrons. The Morgan fingerprint density at radius 2 is 1.76 bits per heavy atom. The molecule has 0 unspecified atom stereocenters. The minimum Gasteiger partial charge on any atom is -0.391 e. The van der Waals surface area contributed by atoms with Crippen molar-refractivity contribution in [3.05, 3.63) is 48.2 Å². The van der Waals surface area contributed by atoms with E-state index in [1.165, 1.54) is 43.5 Å². The van der Waals surface area contributed by atoms with Gasteiger partial charge in [0.05, 0.1) is 17.1 Å². The van der Waals surface area contributed by atoms with E-state index in [0.29, 0.717) is 18.7 Å². The molecule has 34 heavy (non-hydrogen) atoms. The first-order chi connectivity index (χ1) is 16.2. The van der Waals surface area contributed by atoms with E-state index in [-0.39, 0.29) is 28.8 Å². The van der Waals surface area contributed by atoms with Crippen molar-refractivity contribution in [3.8, 4) is 5.88 Å². The van der Waals surface area contributed by atoms with Gasteiger partial charge in [0.15, 0.2) is 0 Å². The molecule has 1 aromatic heterocycles. The van der Waals surface area contributed by atoms with Crippen LogP contribution in [0.15, 0.2) is 47.5 Å². The number of pyridine rings is 1. The molecule has 12 heteroatoms. The fraction of sp³-hybridized carbons (Fsp3) is 0.364. The number of sulfonamides is 1. The molecule has 0 saturated carbocycles. The molecule has 0 fully saturated rings. The summed E-state index contributed by atoms with van der Waals surface area (Å²) in [6.07, 6.45) is 3.47. The molecule has 0 spiro atoms. The van der Waals surface area contributed by atoms with Gasteiger partial charge in [0.25, 0.3) is 15.9 Å². The van der Waals surface area contributed by atoms with Crippen LogP contribution in [0.3, 0.4) is 0 Å². The Hall–Kier alpha value is -3.51. The SMILES string of the molecule is CCCCCC(=O)Nc1ccc(S(=O)(=O)NC(=O)c2ccc(OC(=O)NCCOC)nc2)cc1. The van der Waals surface area contributed by atoms with Crippen LogP contribution in [0.1, 0.15) is 43.0 Å². The number of benzene rings is 1. The number of hydrogen-bond donors (Lipinski definition) is 3. The topological polar surface area (TPSA) is 153 Å². The summed E-state index contributed by atoms with van der Waals surface area (Å²) < 4.78 is 36.8. The van der Waals surface area contributed by atoms with Crippen LogP contribution in [-0.4, -0.2) is 51.6 Å². The van der Waals surface area contributed by atoms with E-state index in [2.05, 4.69) is 15.6 Å². The van der Waals surface area contributed by atoms with Gasteiger partial charge in [-0.1, -0.05) is 19.8 Å². The summed E-state index contributed by atoms with van der Waals surface area (Å²) in [5.41, 5.74) is 0.407. The van der Waals surface area contributed by atoms with E-state index >= 15 is 0 Å². The summed E-state index contributed by atoms with van der Waals surface area (Å²) in [5.74, 6) is -1.12. The van der Waals surface area contributed by atoms with Gasteiger partial charge in [-0.25, -0.2) is 22.9 Å². The zero-order chi connectivity index (χ0) is 25.0. The molecule has 0 radical (unpaired) electrons. The summed E-state index contributed by atoms with van der Waals surface area (Å²) in [6.45, 7) is 2.61. The number of amides is 3. The maximum absolute atomic E-state index is 12.5. The summed E-state index contributed by atoms with van der Waals surface area (Å²) in [7, 11) is -2.67. The molecular weight excluding hydrogens is 464 g/mol. The Labute approximate surface area is 198 Å². The van der Waals surface area contributed by atoms with Crippen LogP contribution in [0.25, 0.3) is 0 Å². The van der Waals surface area contributed by atoms with E-state index in [4.69, 9.17) is 9.47 Å².